The Morgan fingerprint density at radius 3 is 1.88 bits per heavy atom. The summed E-state index contributed by atoms with van der Waals surface area (Å²) in [6.07, 6.45) is -2.75. The first-order valence-corrected chi connectivity index (χ1v) is 31.2. The molecule has 0 aliphatic carbocycles. The molecule has 1 saturated heterocycles. The maximum Gasteiger partial charge on any atom is 0.245 e. The quantitative estimate of drug-likeness (QED) is 0.0126. The van der Waals surface area contributed by atoms with Gasteiger partial charge < -0.3 is 105 Å². The number of nitrogens with two attached hydrogens (primary N) is 4. The monoisotopic (exact) mass is 1300 g/mol. The van der Waals surface area contributed by atoms with Gasteiger partial charge in [-0.1, -0.05) is 66.3 Å². The van der Waals surface area contributed by atoms with Gasteiger partial charge in [0, 0.05) is 49.8 Å². The first-order valence-electron chi connectivity index (χ1n) is 28.7. The molecule has 2 rings (SSSR count). The molecule has 1 aliphatic rings. The second-order valence-electron chi connectivity index (χ2n) is 20.0. The Balaban J connectivity index is 0.0000396. The number of aliphatic hydroxyl groups is 2. The van der Waals surface area contributed by atoms with Crippen molar-refractivity contribution >= 4 is 92.2 Å². The maximum absolute atomic E-state index is 14.2. The molecule has 1 aliphatic heterocycles. The maximum atomic E-state index is 14.2. The predicted octanol–water partition coefficient (Wildman–Crippen LogP) is -6.07. The van der Waals surface area contributed by atoms with Crippen molar-refractivity contribution in [1.82, 2.24) is 47.9 Å². The lowest BCUT2D eigenvalue weighted by Crippen LogP contribution is -2.61. The van der Waals surface area contributed by atoms with Gasteiger partial charge in [0.2, 0.25) is 47.3 Å². The Labute approximate surface area is 526 Å². The fourth-order valence-corrected chi connectivity index (χ4v) is 10.1. The topological polar surface area (TPSA) is 499 Å². The van der Waals surface area contributed by atoms with E-state index in [0.29, 0.717) is 38.6 Å². The van der Waals surface area contributed by atoms with Crippen molar-refractivity contribution in [2.24, 2.45) is 33.8 Å². The van der Waals surface area contributed by atoms with Crippen LogP contribution in [-0.4, -0.2) is 253 Å². The van der Waals surface area contributed by atoms with Gasteiger partial charge in [-0.25, -0.2) is 0 Å². The Morgan fingerprint density at radius 2 is 1.29 bits per heavy atom. The number of aliphatic hydroxyl groups excluding tert-OH is 2. The molecular weight excluding hydrogens is 1210 g/mol. The van der Waals surface area contributed by atoms with Crippen molar-refractivity contribution in [2.45, 2.75) is 109 Å². The number of nitrogens with one attached hydrogen (secondary N) is 9. The summed E-state index contributed by atoms with van der Waals surface area (Å²) in [5, 5.41) is 44.1. The Hall–Kier alpha value is -6.44. The molecule has 9 atom stereocenters. The minimum Gasteiger partial charge on any atom is -0.391 e. The Kier molecular flexibility index (Phi) is 43.0. The van der Waals surface area contributed by atoms with Crippen LogP contribution in [0.3, 0.4) is 0 Å². The number of aliphatic imine (C=N–C) groups is 1. The lowest BCUT2D eigenvalue weighted by molar-refractivity contribution is -0.135. The minimum absolute atomic E-state index is 0. The third-order valence-electron chi connectivity index (χ3n) is 12.6. The summed E-state index contributed by atoms with van der Waals surface area (Å²) >= 11 is 0. The first kappa shape index (κ1) is 80.6. The third kappa shape index (κ3) is 36.1. The zero-order valence-electron chi connectivity index (χ0n) is 50.1. The molecule has 1 fully saturated rings. The van der Waals surface area contributed by atoms with Crippen LogP contribution in [0.1, 0.15) is 59.4 Å². The molecule has 0 aromatic heterocycles. The van der Waals surface area contributed by atoms with Crippen LogP contribution in [0.2, 0.25) is 0 Å². The lowest BCUT2D eigenvalue weighted by atomic mass is 9.99. The average Bonchev–Trinajstić information content (AvgIpc) is 3.64. The van der Waals surface area contributed by atoms with Gasteiger partial charge in [-0.05, 0) is 32.3 Å². The van der Waals surface area contributed by atoms with E-state index in [1.165, 1.54) is 13.8 Å². The van der Waals surface area contributed by atoms with Crippen LogP contribution in [0.25, 0.3) is 0 Å². The highest BCUT2D eigenvalue weighted by molar-refractivity contribution is 8.76. The number of rotatable bonds is 39. The van der Waals surface area contributed by atoms with Crippen molar-refractivity contribution in [3.63, 3.8) is 0 Å². The molecule has 1 aromatic rings. The summed E-state index contributed by atoms with van der Waals surface area (Å²) in [6, 6.07) is -0.495. The van der Waals surface area contributed by atoms with Crippen LogP contribution in [0.5, 0.6) is 0 Å². The largest absolute Gasteiger partial charge is 0.391 e. The van der Waals surface area contributed by atoms with E-state index < -0.39 is 127 Å². The van der Waals surface area contributed by atoms with Gasteiger partial charge in [0.05, 0.1) is 111 Å². The molecule has 1 heterocycles. The van der Waals surface area contributed by atoms with E-state index in [4.69, 9.17) is 46.6 Å². The normalized spacial score (nSPS) is 19.4. The molecule has 0 unspecified atom stereocenters. The fraction of sp³-hybridized carbons (Fsp3) is 0.673. The summed E-state index contributed by atoms with van der Waals surface area (Å²) in [5.74, 6) is -9.25. The molecule has 0 spiro atoms. The van der Waals surface area contributed by atoms with Gasteiger partial charge in [-0.3, -0.25) is 57.7 Å². The number of guanidine groups is 1. The number of hydrogen-bond donors (Lipinski definition) is 15. The number of Topliss-reactive ketones (excluding diaryl/α,β-unsaturated/α-hetero) is 3. The Morgan fingerprint density at radius 1 is 0.697 bits per heavy atom. The van der Waals surface area contributed by atoms with Crippen LogP contribution in [0.15, 0.2) is 35.3 Å². The fourth-order valence-electron chi connectivity index (χ4n) is 7.77. The van der Waals surface area contributed by atoms with Gasteiger partial charge in [0.15, 0.2) is 11.7 Å². The van der Waals surface area contributed by atoms with Crippen molar-refractivity contribution in [3.8, 4) is 0 Å². The molecular formula is C55H94N14O18S2. The second kappa shape index (κ2) is 47.5. The lowest BCUT2D eigenvalue weighted by Gasteiger charge is -2.28. The number of carbonyl (C=O) groups is 11. The van der Waals surface area contributed by atoms with E-state index in [0.717, 1.165) is 21.6 Å². The molecule has 1 aromatic carbocycles. The molecule has 504 valence electrons. The summed E-state index contributed by atoms with van der Waals surface area (Å²) in [7, 11) is 1.82. The van der Waals surface area contributed by atoms with E-state index in [-0.39, 0.29) is 128 Å². The molecule has 0 radical (unpaired) electrons. The molecule has 89 heavy (non-hydrogen) atoms. The van der Waals surface area contributed by atoms with Gasteiger partial charge in [0.25, 0.3) is 0 Å². The highest BCUT2D eigenvalue weighted by atomic mass is 33.1. The van der Waals surface area contributed by atoms with Crippen LogP contribution in [0.4, 0.5) is 0 Å². The zero-order valence-corrected chi connectivity index (χ0v) is 51.7. The van der Waals surface area contributed by atoms with Crippen molar-refractivity contribution < 1.29 is 86.6 Å². The number of hydrogen-bond acceptors (Lipinski definition) is 24. The number of nitrogens with zero attached hydrogens (tertiary/aromatic N) is 1. The highest BCUT2D eigenvalue weighted by Crippen LogP contribution is 2.24. The van der Waals surface area contributed by atoms with Crippen LogP contribution < -0.4 is 70.8 Å². The molecule has 0 bridgehead atoms. The number of ether oxygens (including phenoxy) is 5. The van der Waals surface area contributed by atoms with Gasteiger partial charge in [-0.2, -0.15) is 0 Å². The number of carbonyl (C=O) groups excluding carboxylic acids is 11. The predicted molar refractivity (Wildman–Crippen MR) is 331 cm³/mol. The second-order valence-corrected chi connectivity index (χ2v) is 22.5. The van der Waals surface area contributed by atoms with Crippen molar-refractivity contribution in [1.29, 1.82) is 0 Å². The highest BCUT2D eigenvalue weighted by Gasteiger charge is 2.35. The summed E-state index contributed by atoms with van der Waals surface area (Å²) < 4.78 is 27.4. The van der Waals surface area contributed by atoms with Crippen LogP contribution in [0, 0.1) is 5.92 Å². The summed E-state index contributed by atoms with van der Waals surface area (Å²) in [5.41, 5.74) is 22.3. The molecule has 19 N–H and O–H groups in total. The van der Waals surface area contributed by atoms with E-state index >= 15 is 0 Å². The minimum atomic E-state index is -1.73. The van der Waals surface area contributed by atoms with E-state index in [2.05, 4.69) is 52.8 Å². The number of benzene rings is 1. The van der Waals surface area contributed by atoms with Crippen LogP contribution in [-0.2, 0) is 82.8 Å². The third-order valence-corrected chi connectivity index (χ3v) is 15.0. The number of ketones is 3. The zero-order chi connectivity index (χ0) is 65.2. The first-order chi connectivity index (χ1) is 42.1. The Bertz CT molecular complexity index is 2380. The van der Waals surface area contributed by atoms with Gasteiger partial charge in [-0.15, -0.1) is 0 Å². The SMILES string of the molecule is C.C[C@H](CC(=O)CCOCCOCCOCCOCCOCCNCC(=O)[C@@H](NC(=O)[C@@H]1CSSC[C@H](NC(=O)CNC(=O)CN)C(=O)N[C@@H](CCCN=C(N)N)C(=O)N[C@@H](Cc2ccccc2)C(=O)NCC(=O)N[C@@H]([C@@H](C)O)C(=O)N1)[C@@H](C)O)C(=O)CN. The molecule has 0 saturated carbocycles. The van der Waals surface area contributed by atoms with E-state index in [1.54, 1.807) is 37.3 Å². The summed E-state index contributed by atoms with van der Waals surface area (Å²) in [6.45, 7) is 4.81. The number of amides is 8. The van der Waals surface area contributed by atoms with Gasteiger partial charge >= 0.3 is 0 Å². The average molecular weight is 1300 g/mol. The van der Waals surface area contributed by atoms with E-state index in [1.807, 2.05) is 0 Å². The van der Waals surface area contributed by atoms with Crippen molar-refractivity contribution in [2.75, 3.05) is 123 Å². The van der Waals surface area contributed by atoms with Crippen LogP contribution >= 0.6 is 21.6 Å². The standard InChI is InChI=1S/C54H90N14O18S2.CH4/c1-33(42(72)26-55)24-37(71)11-14-82-16-18-84-20-22-86-23-21-85-19-17-83-15-13-59-28-43(73)47(34(2)69)68-52(80)41-32-88-87-31-40(63-45(75)29-61-44(74)27-56)51(79)64-38(10-7-12-60-54(57)58)50(78)65-39(25-36-8-5-4-6-9-36)49(77)62-30-46(76)67-48(35(3)70)53(81)66-41;/h4-6,8-9,33-35,38-41,47-48,59,69-70H,7,10-32,55-56H2,1-3H3,(H,61,74)(H,62,77)(H,63,75)(H,64,79)(H,65,78)(H,66,81)(H,67,76)(H,68,80)(H4,57,58,60);1H4/t33-,34-,35-,38+,39+,40+,41+,47+,48+;/m1./s1. The van der Waals surface area contributed by atoms with E-state index in [9.17, 15) is 63.0 Å². The van der Waals surface area contributed by atoms with Crippen molar-refractivity contribution in [3.05, 3.63) is 35.9 Å². The summed E-state index contributed by atoms with van der Waals surface area (Å²) in [4.78, 5) is 149. The molecule has 8 amide bonds. The molecule has 32 nitrogen and oxygen atoms in total. The molecule has 34 heteroatoms. The van der Waals surface area contributed by atoms with Gasteiger partial charge in [0.1, 0.15) is 47.8 Å². The smallest absolute Gasteiger partial charge is 0.245 e.